The molecule has 2 aromatic rings. The number of hydrogen-bond donors (Lipinski definition) is 2. The lowest BCUT2D eigenvalue weighted by atomic mass is 10.2. The van der Waals surface area contributed by atoms with Crippen molar-refractivity contribution in [2.45, 2.75) is 38.3 Å². The predicted molar refractivity (Wildman–Crippen MR) is 114 cm³/mol. The van der Waals surface area contributed by atoms with Gasteiger partial charge in [0.2, 0.25) is 17.7 Å². The van der Waals surface area contributed by atoms with Crippen molar-refractivity contribution in [1.29, 1.82) is 0 Å². The first-order valence-corrected chi connectivity index (χ1v) is 10.1. The van der Waals surface area contributed by atoms with E-state index in [0.29, 0.717) is 36.2 Å². The van der Waals surface area contributed by atoms with E-state index in [0.717, 1.165) is 24.8 Å². The van der Waals surface area contributed by atoms with Crippen molar-refractivity contribution in [3.05, 3.63) is 54.2 Å². The van der Waals surface area contributed by atoms with Crippen LogP contribution in [-0.4, -0.2) is 51.9 Å². The van der Waals surface area contributed by atoms with E-state index in [-0.39, 0.29) is 24.0 Å². The summed E-state index contributed by atoms with van der Waals surface area (Å²) in [5.41, 5.74) is 2.13. The van der Waals surface area contributed by atoms with E-state index < -0.39 is 0 Å². The number of rotatable bonds is 7. The third-order valence-electron chi connectivity index (χ3n) is 5.12. The lowest BCUT2D eigenvalue weighted by Crippen LogP contribution is -2.31. The molecule has 2 N–H and O–H groups in total. The van der Waals surface area contributed by atoms with Gasteiger partial charge in [-0.1, -0.05) is 6.58 Å². The van der Waals surface area contributed by atoms with Crippen molar-refractivity contribution in [2.24, 2.45) is 0 Å². The zero-order valence-corrected chi connectivity index (χ0v) is 16.9. The summed E-state index contributed by atoms with van der Waals surface area (Å²) >= 11 is 0. The fraction of sp³-hybridized carbons (Fsp3) is 0.364. The summed E-state index contributed by atoms with van der Waals surface area (Å²) < 4.78 is 5.83. The van der Waals surface area contributed by atoms with Crippen LogP contribution in [0.4, 0.5) is 11.6 Å². The Morgan fingerprint density at radius 3 is 2.70 bits per heavy atom. The molecule has 2 aliphatic rings. The Kier molecular flexibility index (Phi) is 5.65. The number of nitrogens with one attached hydrogen (secondary N) is 2. The van der Waals surface area contributed by atoms with E-state index in [4.69, 9.17) is 4.74 Å². The van der Waals surface area contributed by atoms with Gasteiger partial charge >= 0.3 is 0 Å². The normalized spacial score (nSPS) is 18.0. The average molecular weight is 407 g/mol. The van der Waals surface area contributed by atoms with Crippen LogP contribution in [0.3, 0.4) is 0 Å². The van der Waals surface area contributed by atoms with Crippen LogP contribution in [0.25, 0.3) is 0 Å². The Morgan fingerprint density at radius 1 is 1.23 bits per heavy atom. The molecule has 0 radical (unpaired) electrons. The van der Waals surface area contributed by atoms with Gasteiger partial charge in [0.25, 0.3) is 5.91 Å². The SMILES string of the molecule is C=CC(=O)Nc1ccc(C(=O)N2CC[C@@H](Nc3ncc(C)c(OC4CC4)n3)C2)cc1. The largest absolute Gasteiger partial charge is 0.474 e. The minimum absolute atomic E-state index is 0.0384. The van der Waals surface area contributed by atoms with Gasteiger partial charge in [-0.05, 0) is 56.5 Å². The van der Waals surface area contributed by atoms with Gasteiger partial charge in [0.15, 0.2) is 0 Å². The van der Waals surface area contributed by atoms with Crippen molar-refractivity contribution >= 4 is 23.5 Å². The van der Waals surface area contributed by atoms with Crippen molar-refractivity contribution in [3.8, 4) is 5.88 Å². The number of benzene rings is 1. The molecule has 1 saturated heterocycles. The second-order valence-electron chi connectivity index (χ2n) is 7.65. The Balaban J connectivity index is 1.34. The maximum Gasteiger partial charge on any atom is 0.253 e. The minimum Gasteiger partial charge on any atom is -0.474 e. The van der Waals surface area contributed by atoms with Crippen LogP contribution >= 0.6 is 0 Å². The Bertz CT molecular complexity index is 956. The van der Waals surface area contributed by atoms with Crippen LogP contribution in [0, 0.1) is 6.92 Å². The van der Waals surface area contributed by atoms with Gasteiger partial charge in [0.05, 0.1) is 0 Å². The number of likely N-dealkylation sites (tertiary alicyclic amines) is 1. The Hall–Kier alpha value is -3.42. The van der Waals surface area contributed by atoms with Crippen LogP contribution in [0.5, 0.6) is 5.88 Å². The van der Waals surface area contributed by atoms with Gasteiger partial charge in [-0.3, -0.25) is 9.59 Å². The average Bonchev–Trinajstić information content (AvgIpc) is 3.45. The van der Waals surface area contributed by atoms with E-state index in [2.05, 4.69) is 27.2 Å². The standard InChI is InChI=1S/C22H25N5O3/c1-3-19(28)24-16-6-4-15(5-7-16)21(29)27-11-10-17(13-27)25-22-23-12-14(2)20(26-22)30-18-8-9-18/h3-7,12,17-18H,1,8-11,13H2,2H3,(H,24,28)(H,23,25,26)/t17-/m1/s1. The third kappa shape index (κ3) is 4.76. The molecule has 8 nitrogen and oxygen atoms in total. The highest BCUT2D eigenvalue weighted by molar-refractivity contribution is 5.99. The summed E-state index contributed by atoms with van der Waals surface area (Å²) in [4.78, 5) is 34.8. The number of aromatic nitrogens is 2. The maximum absolute atomic E-state index is 12.8. The zero-order valence-electron chi connectivity index (χ0n) is 16.9. The van der Waals surface area contributed by atoms with Crippen molar-refractivity contribution < 1.29 is 14.3 Å². The topological polar surface area (TPSA) is 96.5 Å². The predicted octanol–water partition coefficient (Wildman–Crippen LogP) is 2.78. The number of nitrogens with zero attached hydrogens (tertiary/aromatic N) is 3. The molecular formula is C22H25N5O3. The number of ether oxygens (including phenoxy) is 1. The Labute approximate surface area is 175 Å². The molecule has 8 heteroatoms. The molecule has 2 amide bonds. The lowest BCUT2D eigenvalue weighted by Gasteiger charge is -2.18. The van der Waals surface area contributed by atoms with Crippen LogP contribution in [0.15, 0.2) is 43.1 Å². The molecule has 1 atom stereocenters. The van der Waals surface area contributed by atoms with Crippen molar-refractivity contribution in [2.75, 3.05) is 23.7 Å². The summed E-state index contributed by atoms with van der Waals surface area (Å²) in [5, 5.41) is 5.99. The van der Waals surface area contributed by atoms with E-state index in [1.54, 1.807) is 30.5 Å². The van der Waals surface area contributed by atoms with Crippen LogP contribution in [0.2, 0.25) is 0 Å². The van der Waals surface area contributed by atoms with E-state index >= 15 is 0 Å². The van der Waals surface area contributed by atoms with Crippen LogP contribution in [-0.2, 0) is 4.79 Å². The molecule has 1 aliphatic heterocycles. The van der Waals surface area contributed by atoms with Gasteiger partial charge in [0.1, 0.15) is 6.10 Å². The smallest absolute Gasteiger partial charge is 0.253 e. The highest BCUT2D eigenvalue weighted by atomic mass is 16.5. The molecule has 0 spiro atoms. The number of amides is 2. The molecule has 1 aromatic carbocycles. The van der Waals surface area contributed by atoms with E-state index in [1.165, 1.54) is 6.08 Å². The number of carbonyl (C=O) groups excluding carboxylic acids is 2. The minimum atomic E-state index is -0.286. The Morgan fingerprint density at radius 2 is 2.00 bits per heavy atom. The lowest BCUT2D eigenvalue weighted by molar-refractivity contribution is -0.111. The monoisotopic (exact) mass is 407 g/mol. The molecule has 30 heavy (non-hydrogen) atoms. The van der Waals surface area contributed by atoms with E-state index in [1.807, 2.05) is 11.8 Å². The van der Waals surface area contributed by atoms with Crippen molar-refractivity contribution in [1.82, 2.24) is 14.9 Å². The van der Waals surface area contributed by atoms with Gasteiger partial charge in [-0.2, -0.15) is 4.98 Å². The van der Waals surface area contributed by atoms with Gasteiger partial charge < -0.3 is 20.3 Å². The molecule has 1 saturated carbocycles. The number of anilines is 2. The number of aryl methyl sites for hydroxylation is 1. The highest BCUT2D eigenvalue weighted by Gasteiger charge is 2.28. The summed E-state index contributed by atoms with van der Waals surface area (Å²) in [7, 11) is 0. The first kappa shape index (κ1) is 19.9. The molecule has 1 aromatic heterocycles. The molecule has 156 valence electrons. The quantitative estimate of drug-likeness (QED) is 0.685. The highest BCUT2D eigenvalue weighted by Crippen LogP contribution is 2.28. The maximum atomic E-state index is 12.8. The van der Waals surface area contributed by atoms with Crippen molar-refractivity contribution in [3.63, 3.8) is 0 Å². The summed E-state index contributed by atoms with van der Waals surface area (Å²) in [6, 6.07) is 6.93. The molecule has 2 heterocycles. The fourth-order valence-corrected chi connectivity index (χ4v) is 3.28. The molecule has 1 aliphatic carbocycles. The summed E-state index contributed by atoms with van der Waals surface area (Å²) in [6.07, 6.45) is 6.21. The molecule has 0 unspecified atom stereocenters. The zero-order chi connectivity index (χ0) is 21.1. The molecule has 4 rings (SSSR count). The second-order valence-corrected chi connectivity index (χ2v) is 7.65. The molecule has 0 bridgehead atoms. The molecule has 2 fully saturated rings. The third-order valence-corrected chi connectivity index (χ3v) is 5.12. The van der Waals surface area contributed by atoms with Gasteiger partial charge in [-0.25, -0.2) is 4.98 Å². The fourth-order valence-electron chi connectivity index (χ4n) is 3.28. The van der Waals surface area contributed by atoms with Gasteiger partial charge in [0, 0.05) is 42.1 Å². The second kappa shape index (κ2) is 8.52. The van der Waals surface area contributed by atoms with E-state index in [9.17, 15) is 9.59 Å². The summed E-state index contributed by atoms with van der Waals surface area (Å²) in [5.74, 6) is 0.831. The first-order valence-electron chi connectivity index (χ1n) is 10.1. The first-order chi connectivity index (χ1) is 14.5. The summed E-state index contributed by atoms with van der Waals surface area (Å²) in [6.45, 7) is 6.59. The number of carbonyl (C=O) groups is 2. The van der Waals surface area contributed by atoms with Gasteiger partial charge in [-0.15, -0.1) is 0 Å². The van der Waals surface area contributed by atoms with Crippen LogP contribution in [0.1, 0.15) is 35.2 Å². The molecular weight excluding hydrogens is 382 g/mol. The number of hydrogen-bond acceptors (Lipinski definition) is 6. The van der Waals surface area contributed by atoms with Crippen LogP contribution < -0.4 is 15.4 Å².